The van der Waals surface area contributed by atoms with Crippen LogP contribution in [-0.4, -0.2) is 34.8 Å². The normalized spacial score (nSPS) is 15.6. The van der Waals surface area contributed by atoms with Crippen molar-refractivity contribution in [2.45, 2.75) is 0 Å². The van der Waals surface area contributed by atoms with E-state index in [4.69, 9.17) is 23.2 Å². The fourth-order valence-electron chi connectivity index (χ4n) is 2.59. The van der Waals surface area contributed by atoms with Gasteiger partial charge in [0.2, 0.25) is 0 Å². The van der Waals surface area contributed by atoms with E-state index in [2.05, 4.69) is 4.99 Å². The fraction of sp³-hybridized carbons (Fsp3) is 0.176. The highest BCUT2D eigenvalue weighted by molar-refractivity contribution is 7.90. The Morgan fingerprint density at radius 1 is 1.21 bits per heavy atom. The molecule has 0 bridgehead atoms. The van der Waals surface area contributed by atoms with Gasteiger partial charge in [-0.05, 0) is 35.4 Å². The van der Waals surface area contributed by atoms with Gasteiger partial charge in [-0.2, -0.15) is 0 Å². The van der Waals surface area contributed by atoms with Gasteiger partial charge < -0.3 is 4.55 Å². The molecule has 0 radical (unpaired) electrons. The molecule has 24 heavy (non-hydrogen) atoms. The predicted molar refractivity (Wildman–Crippen MR) is 99.8 cm³/mol. The molecule has 3 rings (SSSR count). The lowest BCUT2D eigenvalue weighted by Gasteiger charge is -2.23. The zero-order valence-electron chi connectivity index (χ0n) is 12.8. The summed E-state index contributed by atoms with van der Waals surface area (Å²) >= 11 is 11.3. The van der Waals surface area contributed by atoms with Crippen LogP contribution in [0.1, 0.15) is 11.1 Å². The topological polar surface area (TPSA) is 55.7 Å². The van der Waals surface area contributed by atoms with Crippen molar-refractivity contribution in [1.29, 1.82) is 0 Å². The van der Waals surface area contributed by atoms with Gasteiger partial charge in [0.1, 0.15) is 6.54 Å². The van der Waals surface area contributed by atoms with Gasteiger partial charge in [0.15, 0.2) is 5.88 Å². The molecule has 0 spiro atoms. The van der Waals surface area contributed by atoms with E-state index >= 15 is 0 Å². The molecule has 1 unspecified atom stereocenters. The number of halogens is 2. The zero-order valence-corrected chi connectivity index (χ0v) is 15.2. The molecule has 0 saturated carbocycles. The number of aliphatic imine (C=N–C) groups is 1. The summed E-state index contributed by atoms with van der Waals surface area (Å²) in [4.78, 5) is 18.4. The van der Waals surface area contributed by atoms with E-state index in [0.717, 1.165) is 5.56 Å². The molecule has 7 heteroatoms. The van der Waals surface area contributed by atoms with Gasteiger partial charge in [-0.3, -0.25) is 14.7 Å². The summed E-state index contributed by atoms with van der Waals surface area (Å²) in [5.74, 6) is -0.102. The molecule has 2 aromatic carbocycles. The number of carbonyl (C=O) groups excluding carboxylic acids is 1. The smallest absolute Gasteiger partial charge is 0.252 e. The van der Waals surface area contributed by atoms with Crippen molar-refractivity contribution < 1.29 is 9.35 Å². The van der Waals surface area contributed by atoms with Crippen LogP contribution in [0, 0.1) is 0 Å². The molecule has 0 fully saturated rings. The molecule has 0 aromatic heterocycles. The Morgan fingerprint density at radius 2 is 1.96 bits per heavy atom. The van der Waals surface area contributed by atoms with Gasteiger partial charge in [0.25, 0.3) is 5.91 Å². The number of nitrogens with zero attached hydrogens (tertiary/aromatic N) is 2. The van der Waals surface area contributed by atoms with Crippen molar-refractivity contribution in [2.24, 2.45) is 4.99 Å². The molecular formula is C17H14Cl2N2O2S. The summed E-state index contributed by atoms with van der Waals surface area (Å²) in [6.45, 7) is -0.0376. The summed E-state index contributed by atoms with van der Waals surface area (Å²) in [5.41, 5.74) is 2.67. The maximum absolute atomic E-state index is 12.5. The number of hydrogen-bond donors (Lipinski definition) is 0. The fourth-order valence-corrected chi connectivity index (χ4v) is 3.64. The van der Waals surface area contributed by atoms with Crippen LogP contribution in [0.5, 0.6) is 0 Å². The van der Waals surface area contributed by atoms with Crippen LogP contribution in [0.25, 0.3) is 0 Å². The minimum atomic E-state index is -1.17. The molecule has 2 aromatic rings. The van der Waals surface area contributed by atoms with Gasteiger partial charge in [0, 0.05) is 21.2 Å². The maximum Gasteiger partial charge on any atom is 0.252 e. The Labute approximate surface area is 153 Å². The molecule has 0 saturated heterocycles. The molecule has 0 N–H and O–H groups in total. The maximum atomic E-state index is 12.5. The van der Waals surface area contributed by atoms with Crippen LogP contribution in [0.4, 0.5) is 5.69 Å². The highest BCUT2D eigenvalue weighted by Crippen LogP contribution is 2.31. The zero-order chi connectivity index (χ0) is 17.3. The second kappa shape index (κ2) is 7.15. The Morgan fingerprint density at radius 3 is 2.67 bits per heavy atom. The third-order valence-corrected chi connectivity index (χ3v) is 4.80. The molecule has 124 valence electrons. The van der Waals surface area contributed by atoms with Gasteiger partial charge in [-0.25, -0.2) is 0 Å². The standard InChI is InChI=1S/C17H14Cl2N2O2S/c1-24(23)10-21-15-7-6-11(18)8-13(15)17(20-9-16(21)22)12-4-2-3-5-14(12)19/h2-8H,9-10H2,1H3. The van der Waals surface area contributed by atoms with Crippen LogP contribution in [0.3, 0.4) is 0 Å². The van der Waals surface area contributed by atoms with Gasteiger partial charge >= 0.3 is 0 Å². The summed E-state index contributed by atoms with van der Waals surface area (Å²) in [6, 6.07) is 12.5. The number of amides is 1. The van der Waals surface area contributed by atoms with Crippen LogP contribution in [-0.2, 0) is 16.0 Å². The van der Waals surface area contributed by atoms with E-state index < -0.39 is 11.2 Å². The Bertz CT molecular complexity index is 824. The summed E-state index contributed by atoms with van der Waals surface area (Å²) in [7, 11) is 0. The van der Waals surface area contributed by atoms with Gasteiger partial charge in [0.05, 0.1) is 17.7 Å². The first kappa shape index (κ1) is 17.3. The minimum Gasteiger partial charge on any atom is -0.615 e. The third kappa shape index (κ3) is 3.44. The second-order valence-electron chi connectivity index (χ2n) is 5.33. The molecule has 1 amide bonds. The highest BCUT2D eigenvalue weighted by Gasteiger charge is 2.28. The number of benzene rings is 2. The van der Waals surface area contributed by atoms with E-state index in [1.165, 1.54) is 4.90 Å². The lowest BCUT2D eigenvalue weighted by Crippen LogP contribution is -2.36. The van der Waals surface area contributed by atoms with Crippen LogP contribution in [0.2, 0.25) is 10.0 Å². The molecule has 4 nitrogen and oxygen atoms in total. The molecule has 1 heterocycles. The number of rotatable bonds is 3. The number of carbonyl (C=O) groups is 1. The summed E-state index contributed by atoms with van der Waals surface area (Å²) < 4.78 is 11.7. The number of fused-ring (bicyclic) bond motifs is 1. The van der Waals surface area contributed by atoms with E-state index in [1.54, 1.807) is 30.5 Å². The van der Waals surface area contributed by atoms with Gasteiger partial charge in [-0.1, -0.05) is 41.4 Å². The lowest BCUT2D eigenvalue weighted by molar-refractivity contribution is -0.117. The van der Waals surface area contributed by atoms with E-state index in [1.807, 2.05) is 18.2 Å². The van der Waals surface area contributed by atoms with Gasteiger partial charge in [-0.15, -0.1) is 0 Å². The van der Waals surface area contributed by atoms with E-state index in [9.17, 15) is 9.35 Å². The van der Waals surface area contributed by atoms with E-state index in [-0.39, 0.29) is 18.3 Å². The Kier molecular flexibility index (Phi) is 5.15. The van der Waals surface area contributed by atoms with E-state index in [0.29, 0.717) is 27.0 Å². The molecule has 1 aliphatic rings. The molecule has 1 atom stereocenters. The van der Waals surface area contributed by atoms with Crippen LogP contribution in [0.15, 0.2) is 47.5 Å². The van der Waals surface area contributed by atoms with Crippen molar-refractivity contribution in [3.05, 3.63) is 63.6 Å². The molecule has 1 aliphatic heterocycles. The summed E-state index contributed by atoms with van der Waals surface area (Å²) in [5, 5.41) is 1.07. The quantitative estimate of drug-likeness (QED) is 0.764. The van der Waals surface area contributed by atoms with Crippen molar-refractivity contribution in [3.8, 4) is 0 Å². The number of benzodiazepines with no additional fused rings is 1. The van der Waals surface area contributed by atoms with Crippen molar-refractivity contribution >= 4 is 51.7 Å². The van der Waals surface area contributed by atoms with Crippen molar-refractivity contribution in [2.75, 3.05) is 23.6 Å². The van der Waals surface area contributed by atoms with Crippen molar-refractivity contribution in [3.63, 3.8) is 0 Å². The first-order chi connectivity index (χ1) is 11.5. The minimum absolute atomic E-state index is 0.0376. The Hall–Kier alpha value is -1.53. The predicted octanol–water partition coefficient (Wildman–Crippen LogP) is 3.51. The monoisotopic (exact) mass is 380 g/mol. The first-order valence-electron chi connectivity index (χ1n) is 7.17. The largest absolute Gasteiger partial charge is 0.615 e. The third-order valence-electron chi connectivity index (χ3n) is 3.62. The lowest BCUT2D eigenvalue weighted by atomic mass is 10.0. The average molecular weight is 381 g/mol. The van der Waals surface area contributed by atoms with Crippen LogP contribution >= 0.6 is 23.2 Å². The average Bonchev–Trinajstić information content (AvgIpc) is 2.66. The molecular weight excluding hydrogens is 367 g/mol. The first-order valence-corrected chi connectivity index (χ1v) is 9.65. The molecule has 0 aliphatic carbocycles. The van der Waals surface area contributed by atoms with Crippen molar-refractivity contribution in [1.82, 2.24) is 0 Å². The van der Waals surface area contributed by atoms with Crippen LogP contribution < -0.4 is 4.90 Å². The second-order valence-corrected chi connectivity index (χ2v) is 7.58. The SMILES string of the molecule is C[S+]([O-])CN1C(=O)CN=C(c2ccccc2Cl)c2cc(Cl)ccc21. The number of hydrogen-bond acceptors (Lipinski definition) is 3. The number of anilines is 1. The summed E-state index contributed by atoms with van der Waals surface area (Å²) in [6.07, 6.45) is 1.56. The Balaban J connectivity index is 2.20. The highest BCUT2D eigenvalue weighted by atomic mass is 35.5.